The number of aryl methyl sites for hydroxylation is 1. The molecular formula is C16H16F5N5O2. The van der Waals surface area contributed by atoms with E-state index in [9.17, 15) is 22.0 Å². The molecule has 2 aromatic heterocycles. The molecule has 0 radical (unpaired) electrons. The zero-order valence-electron chi connectivity index (χ0n) is 14.9. The second-order valence-corrected chi connectivity index (χ2v) is 5.35. The van der Waals surface area contributed by atoms with Crippen molar-refractivity contribution in [3.05, 3.63) is 35.5 Å². The third kappa shape index (κ3) is 5.31. The second-order valence-electron chi connectivity index (χ2n) is 5.35. The van der Waals surface area contributed by atoms with Crippen molar-refractivity contribution in [2.24, 2.45) is 4.99 Å². The minimum Gasteiger partial charge on any atom is -0.468 e. The summed E-state index contributed by atoms with van der Waals surface area (Å²) in [5.41, 5.74) is 0.402. The summed E-state index contributed by atoms with van der Waals surface area (Å²) in [7, 11) is 0. The Morgan fingerprint density at radius 2 is 1.96 bits per heavy atom. The Kier molecular flexibility index (Phi) is 6.44. The van der Waals surface area contributed by atoms with Crippen molar-refractivity contribution in [2.75, 3.05) is 13.2 Å². The first-order chi connectivity index (χ1) is 13.1. The molecule has 12 heteroatoms. The van der Waals surface area contributed by atoms with Gasteiger partial charge in [-0.15, -0.1) is 10.2 Å². The maximum atomic E-state index is 14.1. The van der Waals surface area contributed by atoms with Gasteiger partial charge in [-0.05, 0) is 26.6 Å². The fourth-order valence-corrected chi connectivity index (χ4v) is 2.07. The Hall–Kier alpha value is -2.89. The highest BCUT2D eigenvalue weighted by atomic mass is 19.4. The van der Waals surface area contributed by atoms with Crippen LogP contribution in [0.3, 0.4) is 0 Å². The maximum absolute atomic E-state index is 14.1. The number of halogens is 5. The number of hydrogen-bond donors (Lipinski definition) is 0. The zero-order valence-corrected chi connectivity index (χ0v) is 14.9. The standard InChI is InChI=1S/C16H16F5N5O2/c1-4-28-16(20,21)14-25-24-10(2)26(14)8-12(22-3)11-5-6-13(23-7-11)27-9-15(17,18)19/h5-8H,3-4,9H2,1-2H3/b12-8-. The summed E-state index contributed by atoms with van der Waals surface area (Å²) < 4.78 is 74.6. The predicted octanol–water partition coefficient (Wildman–Crippen LogP) is 3.66. The van der Waals surface area contributed by atoms with Gasteiger partial charge in [0.25, 0.3) is 0 Å². The highest BCUT2D eigenvalue weighted by Gasteiger charge is 2.39. The quantitative estimate of drug-likeness (QED) is 0.495. The SMILES string of the molecule is C=N/C(=C\n1c(C)nnc1C(F)(F)OCC)c1ccc(OCC(F)(F)F)nc1. The van der Waals surface area contributed by atoms with Crippen LogP contribution in [-0.4, -0.2) is 45.9 Å². The van der Waals surface area contributed by atoms with Crippen molar-refractivity contribution >= 4 is 18.6 Å². The molecule has 0 fully saturated rings. The van der Waals surface area contributed by atoms with Crippen LogP contribution in [0.25, 0.3) is 11.9 Å². The Labute approximate surface area is 156 Å². The van der Waals surface area contributed by atoms with E-state index in [1.807, 2.05) is 0 Å². The van der Waals surface area contributed by atoms with Gasteiger partial charge in [-0.25, -0.2) is 4.98 Å². The van der Waals surface area contributed by atoms with Gasteiger partial charge in [0, 0.05) is 24.0 Å². The molecule has 7 nitrogen and oxygen atoms in total. The topological polar surface area (TPSA) is 74.4 Å². The van der Waals surface area contributed by atoms with Crippen LogP contribution in [0.5, 0.6) is 5.88 Å². The average molecular weight is 405 g/mol. The van der Waals surface area contributed by atoms with Crippen molar-refractivity contribution in [3.8, 4) is 5.88 Å². The summed E-state index contributed by atoms with van der Waals surface area (Å²) in [6, 6.07) is 2.55. The van der Waals surface area contributed by atoms with Crippen LogP contribution < -0.4 is 4.74 Å². The first-order valence-electron chi connectivity index (χ1n) is 7.85. The van der Waals surface area contributed by atoms with Crippen molar-refractivity contribution in [1.82, 2.24) is 19.7 Å². The summed E-state index contributed by atoms with van der Waals surface area (Å²) in [6.07, 6.45) is -5.82. The fourth-order valence-electron chi connectivity index (χ4n) is 2.07. The van der Waals surface area contributed by atoms with Crippen molar-refractivity contribution < 1.29 is 31.4 Å². The zero-order chi connectivity index (χ0) is 20.9. The number of rotatable bonds is 8. The van der Waals surface area contributed by atoms with Crippen LogP contribution in [0, 0.1) is 6.92 Å². The summed E-state index contributed by atoms with van der Waals surface area (Å²) in [5, 5.41) is 7.05. The molecule has 0 saturated heterocycles. The molecule has 0 spiro atoms. The van der Waals surface area contributed by atoms with Gasteiger partial charge in [-0.3, -0.25) is 9.56 Å². The Balaban J connectivity index is 2.32. The van der Waals surface area contributed by atoms with E-state index in [-0.39, 0.29) is 24.0 Å². The lowest BCUT2D eigenvalue weighted by atomic mass is 10.2. The van der Waals surface area contributed by atoms with E-state index < -0.39 is 24.7 Å². The fraction of sp³-hybridized carbons (Fsp3) is 0.375. The minimum atomic E-state index is -4.50. The Bertz CT molecular complexity index is 846. The van der Waals surface area contributed by atoms with Gasteiger partial charge < -0.3 is 9.47 Å². The van der Waals surface area contributed by atoms with Gasteiger partial charge in [-0.1, -0.05) is 0 Å². The maximum Gasteiger partial charge on any atom is 0.422 e. The number of ether oxygens (including phenoxy) is 2. The predicted molar refractivity (Wildman–Crippen MR) is 89.8 cm³/mol. The second kappa shape index (κ2) is 8.42. The molecule has 0 N–H and O–H groups in total. The molecule has 2 aromatic rings. The van der Waals surface area contributed by atoms with Crippen molar-refractivity contribution in [3.63, 3.8) is 0 Å². The third-order valence-electron chi connectivity index (χ3n) is 3.29. The van der Waals surface area contributed by atoms with Crippen LogP contribution >= 0.6 is 0 Å². The molecule has 28 heavy (non-hydrogen) atoms. The monoisotopic (exact) mass is 405 g/mol. The summed E-state index contributed by atoms with van der Waals surface area (Å²) >= 11 is 0. The molecule has 2 heterocycles. The molecule has 0 atom stereocenters. The van der Waals surface area contributed by atoms with Crippen molar-refractivity contribution in [2.45, 2.75) is 26.1 Å². The molecule has 0 saturated carbocycles. The first kappa shape index (κ1) is 21.4. The van der Waals surface area contributed by atoms with E-state index in [0.29, 0.717) is 5.56 Å². The van der Waals surface area contributed by atoms with Crippen molar-refractivity contribution in [1.29, 1.82) is 0 Å². The molecular weight excluding hydrogens is 389 g/mol. The highest BCUT2D eigenvalue weighted by Crippen LogP contribution is 2.29. The third-order valence-corrected chi connectivity index (χ3v) is 3.29. The molecule has 152 valence electrons. The number of hydrogen-bond acceptors (Lipinski definition) is 6. The summed E-state index contributed by atoms with van der Waals surface area (Å²) in [5.74, 6) is -0.881. The molecule has 0 aromatic carbocycles. The van der Waals surface area contributed by atoms with E-state index in [2.05, 4.69) is 36.4 Å². The lowest BCUT2D eigenvalue weighted by Gasteiger charge is -2.15. The summed E-state index contributed by atoms with van der Waals surface area (Å²) in [4.78, 5) is 7.49. The average Bonchev–Trinajstić information content (AvgIpc) is 2.99. The van der Waals surface area contributed by atoms with Gasteiger partial charge in [0.2, 0.25) is 11.7 Å². The van der Waals surface area contributed by atoms with Crippen LogP contribution in [0.2, 0.25) is 0 Å². The normalized spacial score (nSPS) is 12.9. The number of alkyl halides is 5. The Morgan fingerprint density at radius 3 is 2.50 bits per heavy atom. The smallest absolute Gasteiger partial charge is 0.422 e. The van der Waals surface area contributed by atoms with E-state index in [1.54, 1.807) is 0 Å². The van der Waals surface area contributed by atoms with Crippen LogP contribution in [-0.2, 0) is 10.8 Å². The summed E-state index contributed by atoms with van der Waals surface area (Å²) in [6.45, 7) is 4.48. The van der Waals surface area contributed by atoms with Crippen LogP contribution in [0.4, 0.5) is 22.0 Å². The lowest BCUT2D eigenvalue weighted by Crippen LogP contribution is -2.22. The molecule has 2 rings (SSSR count). The van der Waals surface area contributed by atoms with E-state index in [4.69, 9.17) is 0 Å². The highest BCUT2D eigenvalue weighted by molar-refractivity contribution is 5.76. The van der Waals surface area contributed by atoms with Gasteiger partial charge in [-0.2, -0.15) is 22.0 Å². The van der Waals surface area contributed by atoms with E-state index in [1.165, 1.54) is 38.4 Å². The van der Waals surface area contributed by atoms with Crippen LogP contribution in [0.1, 0.15) is 24.1 Å². The van der Waals surface area contributed by atoms with Gasteiger partial charge >= 0.3 is 12.3 Å². The molecule has 0 unspecified atom stereocenters. The first-order valence-corrected chi connectivity index (χ1v) is 7.85. The molecule has 0 amide bonds. The molecule has 0 aliphatic heterocycles. The molecule has 0 aliphatic rings. The minimum absolute atomic E-state index is 0.103. The number of nitrogens with zero attached hydrogens (tertiary/aromatic N) is 5. The van der Waals surface area contributed by atoms with Crippen LogP contribution in [0.15, 0.2) is 23.3 Å². The molecule has 0 aliphatic carbocycles. The Morgan fingerprint density at radius 1 is 1.25 bits per heavy atom. The van der Waals surface area contributed by atoms with E-state index >= 15 is 0 Å². The number of aromatic nitrogens is 4. The lowest BCUT2D eigenvalue weighted by molar-refractivity contribution is -0.252. The molecule has 0 bridgehead atoms. The number of pyridine rings is 1. The largest absolute Gasteiger partial charge is 0.468 e. The van der Waals surface area contributed by atoms with E-state index in [0.717, 1.165) is 4.57 Å². The number of aliphatic imine (C=N–C) groups is 1. The van der Waals surface area contributed by atoms with Gasteiger partial charge in [0.1, 0.15) is 5.82 Å². The van der Waals surface area contributed by atoms with Gasteiger partial charge in [0.15, 0.2) is 6.61 Å². The van der Waals surface area contributed by atoms with Gasteiger partial charge in [0.05, 0.1) is 12.3 Å².